The first-order chi connectivity index (χ1) is 33.8. The third-order valence-electron chi connectivity index (χ3n) is 11.9. The molecule has 6 aromatic rings. The first kappa shape index (κ1) is 64.1. The number of nitrogens with one attached hydrogen (secondary N) is 1. The molecule has 1 aliphatic carbocycles. The number of aromatic nitrogens is 4. The minimum absolute atomic E-state index is 0. The Hall–Kier alpha value is -3.46. The van der Waals surface area contributed by atoms with Gasteiger partial charge in [-0.25, -0.2) is 39.0 Å². The number of anilines is 5. The second-order valence-corrected chi connectivity index (χ2v) is 21.9. The van der Waals surface area contributed by atoms with Crippen LogP contribution in [0.2, 0.25) is 0 Å². The second-order valence-electron chi connectivity index (χ2n) is 16.4. The Labute approximate surface area is 496 Å². The molecule has 1 N–H and O–H groups in total. The van der Waals surface area contributed by atoms with Gasteiger partial charge in [0.25, 0.3) is 0 Å². The number of rotatable bonds is 16. The Bertz CT molecular complexity index is 3550. The zero-order valence-electron chi connectivity index (χ0n) is 43.4. The summed E-state index contributed by atoms with van der Waals surface area (Å²) in [5.41, 5.74) is 5.99. The monoisotopic (exact) mass is 1080 g/mol. The number of nitrogens with zero attached hydrogens (tertiary/aromatic N) is 9. The standard InChI is InChI=1S/C47H47N10O9S5.4Li/c1-9-28-19-25(6)42(69-66-65-58)31(11-3)40(28)52-44-39(53-54-45-33(23-48)27(8)55-57(45)47-50-34-15-13-14-16-36(34)67-47)24(5)21-38(51-44)56(46-49-35-18-17-30(70(59,60)61)22-37(35)68-46)41-29(10-2)20-26(7)43(32(41)12-4)71(62,63)64;;;;/h13,15-22,34,36,58H,9-12H2,1-8H3,(H,51,52)(H,59,60,61)(H,62,63,64);;;;/q-1;4*+1/p-3. The van der Waals surface area contributed by atoms with Crippen molar-refractivity contribution in [1.29, 1.82) is 5.26 Å². The van der Waals surface area contributed by atoms with Gasteiger partial charge in [-0.3, -0.25) is 21.0 Å². The number of allylic oxidation sites excluding steroid dienone is 2. The molecule has 2 atom stereocenters. The van der Waals surface area contributed by atoms with Gasteiger partial charge < -0.3 is 19.7 Å². The SMILES string of the molecule is CCc1cc(C)c(SOO[O-])c(CC)c1Nc1nc(N(c2nc3ccc(S(=O)(=O)[O-])cc3s2)c2c(CC)cc(C)c(S(=O)(=O)[O-])c2CC)cc(C)c1N=Nc1c(C#N)c(C)nn1C1=NC2C=C[C-]=CC2S1.[Li+].[Li+].[Li+].[Li+]. The number of benzene rings is 3. The number of aliphatic imine (C=N–C) groups is 1. The normalized spacial score (nSPS) is 14.9. The van der Waals surface area contributed by atoms with E-state index in [-0.39, 0.29) is 138 Å². The van der Waals surface area contributed by atoms with E-state index in [4.69, 9.17) is 29.5 Å². The van der Waals surface area contributed by atoms with Gasteiger partial charge in [0.15, 0.2) is 21.9 Å². The van der Waals surface area contributed by atoms with Crippen molar-refractivity contribution in [3.8, 4) is 6.07 Å². The van der Waals surface area contributed by atoms with Gasteiger partial charge in [0.1, 0.15) is 43.4 Å². The van der Waals surface area contributed by atoms with Crippen molar-refractivity contribution in [1.82, 2.24) is 19.7 Å². The molecule has 3 aromatic carbocycles. The molecule has 2 unspecified atom stereocenters. The minimum Gasteiger partial charge on any atom is -0.744 e. The summed E-state index contributed by atoms with van der Waals surface area (Å²) in [5.74, 6) is 0.416. The van der Waals surface area contributed by atoms with Crippen LogP contribution in [0.1, 0.15) is 77.9 Å². The van der Waals surface area contributed by atoms with Crippen molar-refractivity contribution in [3.63, 3.8) is 0 Å². The number of thioether (sulfide) groups is 1. The van der Waals surface area contributed by atoms with Gasteiger partial charge >= 0.3 is 75.4 Å². The zero-order chi connectivity index (χ0) is 51.1. The van der Waals surface area contributed by atoms with Crippen molar-refractivity contribution < 1.29 is 116 Å². The molecule has 8 rings (SSSR count). The van der Waals surface area contributed by atoms with Gasteiger partial charge in [0, 0.05) is 21.9 Å². The fourth-order valence-corrected chi connectivity index (χ4v) is 13.0. The van der Waals surface area contributed by atoms with E-state index in [1.165, 1.54) is 28.6 Å². The number of hydrogen-bond donors (Lipinski definition) is 1. The molecule has 4 heterocycles. The van der Waals surface area contributed by atoms with E-state index in [0.29, 0.717) is 67.7 Å². The van der Waals surface area contributed by atoms with Crippen LogP contribution in [0.25, 0.3) is 10.2 Å². The van der Waals surface area contributed by atoms with E-state index < -0.39 is 30.0 Å². The molecule has 19 nitrogen and oxygen atoms in total. The summed E-state index contributed by atoms with van der Waals surface area (Å²) in [4.78, 5) is 16.4. The van der Waals surface area contributed by atoms with Crippen molar-refractivity contribution in [2.45, 2.75) is 107 Å². The molecule has 0 amide bonds. The Balaban J connectivity index is 0.00000304. The summed E-state index contributed by atoms with van der Waals surface area (Å²) >= 11 is 3.22. The van der Waals surface area contributed by atoms with Crippen LogP contribution in [0.4, 0.5) is 39.6 Å². The number of nitriles is 1. The maximum absolute atomic E-state index is 13.2. The van der Waals surface area contributed by atoms with Gasteiger partial charge in [0.05, 0.1) is 43.4 Å². The summed E-state index contributed by atoms with van der Waals surface area (Å²) in [6, 6.07) is 11.1. The van der Waals surface area contributed by atoms with Crippen LogP contribution in [-0.4, -0.2) is 62.1 Å². The van der Waals surface area contributed by atoms with Crippen LogP contribution >= 0.6 is 35.1 Å². The number of hydrogen-bond acceptors (Lipinski definition) is 21. The summed E-state index contributed by atoms with van der Waals surface area (Å²) in [6.07, 6.45) is 10.2. The molecule has 0 bridgehead atoms. The molecule has 0 spiro atoms. The largest absolute Gasteiger partial charge is 1.00 e. The van der Waals surface area contributed by atoms with Crippen LogP contribution in [0, 0.1) is 45.1 Å². The van der Waals surface area contributed by atoms with Crippen molar-refractivity contribution in [3.05, 3.63) is 111 Å². The molecule has 0 radical (unpaired) electrons. The Morgan fingerprint density at radius 3 is 2.20 bits per heavy atom. The van der Waals surface area contributed by atoms with Gasteiger partial charge in [-0.1, -0.05) is 62.9 Å². The fraction of sp³-hybridized carbons (Fsp3) is 0.298. The molecule has 0 saturated carbocycles. The zero-order valence-corrected chi connectivity index (χ0v) is 47.5. The summed E-state index contributed by atoms with van der Waals surface area (Å²) < 4.78 is 82.7. The number of pyridine rings is 1. The van der Waals surface area contributed by atoms with Crippen LogP contribution < -0.4 is 90.9 Å². The van der Waals surface area contributed by atoms with Gasteiger partial charge in [-0.05, 0) is 117 Å². The summed E-state index contributed by atoms with van der Waals surface area (Å²) in [7, 11) is -9.92. The van der Waals surface area contributed by atoms with E-state index in [1.807, 2.05) is 45.9 Å². The minimum atomic E-state index is -5.06. The first-order valence-corrected chi connectivity index (χ1v) is 27.4. The molecule has 0 saturated heterocycles. The fourth-order valence-electron chi connectivity index (χ4n) is 8.67. The van der Waals surface area contributed by atoms with Crippen LogP contribution in [0.15, 0.2) is 84.5 Å². The quantitative estimate of drug-likeness (QED) is 0.0200. The maximum atomic E-state index is 13.2. The molecule has 0 fully saturated rings. The molecule has 2 aliphatic rings. The van der Waals surface area contributed by atoms with Gasteiger partial charge in [-0.2, -0.15) is 25.5 Å². The van der Waals surface area contributed by atoms with E-state index in [1.54, 1.807) is 50.8 Å². The molecular formula is C47H44Li4N10O9S5. The maximum Gasteiger partial charge on any atom is 1.00 e. The molecule has 28 heteroatoms. The van der Waals surface area contributed by atoms with Crippen LogP contribution in [-0.2, 0) is 55.3 Å². The predicted molar refractivity (Wildman–Crippen MR) is 268 cm³/mol. The first-order valence-electron chi connectivity index (χ1n) is 22.1. The van der Waals surface area contributed by atoms with E-state index >= 15 is 0 Å². The molecule has 75 heavy (non-hydrogen) atoms. The van der Waals surface area contributed by atoms with Crippen LogP contribution in [0.5, 0.6) is 0 Å². The van der Waals surface area contributed by atoms with Crippen LogP contribution in [0.3, 0.4) is 0 Å². The Morgan fingerprint density at radius 1 is 0.893 bits per heavy atom. The van der Waals surface area contributed by atoms with Crippen molar-refractivity contribution >= 4 is 110 Å². The third kappa shape index (κ3) is 13.0. The topological polar surface area (TPSA) is 276 Å². The van der Waals surface area contributed by atoms with E-state index in [0.717, 1.165) is 46.1 Å². The average Bonchev–Trinajstić information content (AvgIpc) is 4.04. The average molecular weight is 1080 g/mol. The summed E-state index contributed by atoms with van der Waals surface area (Å²) in [5, 5.41) is 43.7. The molecule has 3 aromatic heterocycles. The Kier molecular flexibility index (Phi) is 22.6. The number of aryl methyl sites for hydroxylation is 6. The van der Waals surface area contributed by atoms with E-state index in [2.05, 4.69) is 27.6 Å². The second kappa shape index (κ2) is 26.5. The molecule has 370 valence electrons. The number of thiazole rings is 1. The summed E-state index contributed by atoms with van der Waals surface area (Å²) in [6.45, 7) is 14.4. The Morgan fingerprint density at radius 2 is 1.59 bits per heavy atom. The van der Waals surface area contributed by atoms with Gasteiger partial charge in [0.2, 0.25) is 0 Å². The van der Waals surface area contributed by atoms with Crippen molar-refractivity contribution in [2.75, 3.05) is 10.2 Å². The number of fused-ring (bicyclic) bond motifs is 2. The predicted octanol–water partition coefficient (Wildman–Crippen LogP) is -2.46. The molecule has 1 aliphatic heterocycles. The molecular weight excluding hydrogens is 1040 g/mol. The third-order valence-corrected chi connectivity index (χ3v) is 16.8. The smallest absolute Gasteiger partial charge is 0.744 e. The van der Waals surface area contributed by atoms with E-state index in [9.17, 15) is 36.5 Å². The van der Waals surface area contributed by atoms with Crippen molar-refractivity contribution in [2.24, 2.45) is 15.2 Å². The van der Waals surface area contributed by atoms with Gasteiger partial charge in [-0.15, -0.1) is 10.2 Å². The number of azo groups is 1.